The van der Waals surface area contributed by atoms with Crippen LogP contribution in [0.2, 0.25) is 0 Å². The molecule has 2 aliphatic heterocycles. The molecule has 2 fully saturated rings. The van der Waals surface area contributed by atoms with Gasteiger partial charge in [0.05, 0.1) is 81.9 Å². The maximum Gasteiger partial charge on any atom is 0.374 e. The molecule has 0 saturated carbocycles. The highest BCUT2D eigenvalue weighted by atomic mass is 16.7. The van der Waals surface area contributed by atoms with Crippen LogP contribution >= 0.6 is 0 Å². The summed E-state index contributed by atoms with van der Waals surface area (Å²) >= 11 is 0. The molecule has 2 heterocycles. The maximum atomic E-state index is 13.8. The molecule has 0 radical (unpaired) electrons. The van der Waals surface area contributed by atoms with Crippen LogP contribution in [0.4, 0.5) is 0 Å². The van der Waals surface area contributed by atoms with E-state index in [0.717, 1.165) is 33.4 Å². The molecule has 6 aromatic rings. The fourth-order valence-electron chi connectivity index (χ4n) is 10.2. The third-order valence-corrected chi connectivity index (χ3v) is 14.5. The van der Waals surface area contributed by atoms with Crippen LogP contribution < -0.4 is 0 Å². The minimum absolute atomic E-state index is 0.0427. The van der Waals surface area contributed by atoms with Crippen molar-refractivity contribution in [2.75, 3.05) is 6.61 Å². The Labute approximate surface area is 473 Å². The molecule has 6 aromatic carbocycles. The molecule has 426 valence electrons. The Morgan fingerprint density at radius 1 is 0.475 bits per heavy atom. The Morgan fingerprint density at radius 3 is 1.15 bits per heavy atom. The van der Waals surface area contributed by atoms with Crippen LogP contribution in [0.5, 0.6) is 0 Å². The molecule has 13 heteroatoms. The summed E-state index contributed by atoms with van der Waals surface area (Å²) in [4.78, 5) is 26.9. The number of hydrogen-bond acceptors (Lipinski definition) is 13. The SMILES string of the molecule is CCOC(=O)C(=O)C[C@@H](C[C@@H](C)O[C@@H]1C[C@@H](OCc2ccccc2)[C@H](OCc2ccccc2)[C@@H](C(C)(C)OCc2ccccc2)O1)O[C@@H]1C[C@@H](OCc2ccccc2)[C@H](OCc2ccccc2)[C@@H](C(C)(C)OCc2ccccc2)O1. The fourth-order valence-corrected chi connectivity index (χ4v) is 10.2. The lowest BCUT2D eigenvalue weighted by atomic mass is 9.89. The minimum Gasteiger partial charge on any atom is -0.460 e. The Kier molecular flexibility index (Phi) is 22.7. The van der Waals surface area contributed by atoms with Crippen LogP contribution in [0.15, 0.2) is 182 Å². The molecule has 0 N–H and O–H groups in total. The predicted molar refractivity (Wildman–Crippen MR) is 304 cm³/mol. The molecule has 2 aliphatic rings. The molecule has 8 rings (SSSR count). The lowest BCUT2D eigenvalue weighted by Gasteiger charge is -2.48. The molecule has 0 aliphatic carbocycles. The normalized spacial score (nSPS) is 22.3. The lowest BCUT2D eigenvalue weighted by molar-refractivity contribution is -0.321. The van der Waals surface area contributed by atoms with E-state index in [0.29, 0.717) is 46.1 Å². The zero-order valence-electron chi connectivity index (χ0n) is 47.2. The summed E-state index contributed by atoms with van der Waals surface area (Å²) in [6, 6.07) is 59.9. The average molecular weight is 1090 g/mol. The maximum absolute atomic E-state index is 13.8. The number of hydrogen-bond donors (Lipinski definition) is 0. The molecule has 13 nitrogen and oxygen atoms in total. The number of carbonyl (C=O) groups excluding carboxylic acids is 2. The number of ketones is 1. The summed E-state index contributed by atoms with van der Waals surface area (Å²) < 4.78 is 74.0. The second-order valence-corrected chi connectivity index (χ2v) is 21.7. The van der Waals surface area contributed by atoms with E-state index in [1.54, 1.807) is 6.92 Å². The van der Waals surface area contributed by atoms with Crippen molar-refractivity contribution >= 4 is 11.8 Å². The largest absolute Gasteiger partial charge is 0.460 e. The molecule has 80 heavy (non-hydrogen) atoms. The number of Topliss-reactive ketones (excluding diaryl/α,β-unsaturated/α-hetero) is 1. The number of ether oxygens (including phenoxy) is 11. The smallest absolute Gasteiger partial charge is 0.374 e. The van der Waals surface area contributed by atoms with Crippen molar-refractivity contribution in [2.24, 2.45) is 0 Å². The van der Waals surface area contributed by atoms with Gasteiger partial charge in [0.1, 0.15) is 24.4 Å². The van der Waals surface area contributed by atoms with Gasteiger partial charge in [-0.05, 0) is 74.9 Å². The van der Waals surface area contributed by atoms with Gasteiger partial charge in [0.2, 0.25) is 5.78 Å². The van der Waals surface area contributed by atoms with Crippen LogP contribution in [0.25, 0.3) is 0 Å². The number of rotatable bonds is 30. The molecule has 0 amide bonds. The van der Waals surface area contributed by atoms with Gasteiger partial charge in [-0.25, -0.2) is 4.79 Å². The molecule has 0 aromatic heterocycles. The van der Waals surface area contributed by atoms with Crippen molar-refractivity contribution in [1.82, 2.24) is 0 Å². The van der Waals surface area contributed by atoms with E-state index >= 15 is 0 Å². The number of esters is 1. The molecule has 0 spiro atoms. The third kappa shape index (κ3) is 18.3. The van der Waals surface area contributed by atoms with Gasteiger partial charge in [-0.2, -0.15) is 0 Å². The van der Waals surface area contributed by atoms with E-state index < -0.39 is 84.4 Å². The third-order valence-electron chi connectivity index (χ3n) is 14.5. The molecule has 0 bridgehead atoms. The van der Waals surface area contributed by atoms with Crippen LogP contribution in [-0.4, -0.2) is 91.0 Å². The first-order valence-corrected chi connectivity index (χ1v) is 28.1. The molecule has 2 saturated heterocycles. The van der Waals surface area contributed by atoms with Crippen molar-refractivity contribution in [3.63, 3.8) is 0 Å². The van der Waals surface area contributed by atoms with E-state index in [1.807, 2.05) is 217 Å². The molecule has 0 unspecified atom stereocenters. The zero-order chi connectivity index (χ0) is 56.2. The van der Waals surface area contributed by atoms with Gasteiger partial charge in [-0.3, -0.25) is 4.79 Å². The number of benzene rings is 6. The van der Waals surface area contributed by atoms with Crippen LogP contribution in [0.1, 0.15) is 101 Å². The second-order valence-electron chi connectivity index (χ2n) is 21.7. The van der Waals surface area contributed by atoms with Crippen molar-refractivity contribution in [1.29, 1.82) is 0 Å². The number of carbonyl (C=O) groups is 2. The van der Waals surface area contributed by atoms with Crippen molar-refractivity contribution in [2.45, 2.75) is 179 Å². The van der Waals surface area contributed by atoms with Crippen molar-refractivity contribution in [3.05, 3.63) is 215 Å². The van der Waals surface area contributed by atoms with E-state index in [2.05, 4.69) is 0 Å². The van der Waals surface area contributed by atoms with Crippen LogP contribution in [-0.2, 0) is 101 Å². The highest BCUT2D eigenvalue weighted by Crippen LogP contribution is 2.39. The summed E-state index contributed by atoms with van der Waals surface area (Å²) in [5.41, 5.74) is 4.12. The van der Waals surface area contributed by atoms with Gasteiger partial charge in [0.15, 0.2) is 12.6 Å². The Balaban J connectivity index is 1.06. The summed E-state index contributed by atoms with van der Waals surface area (Å²) in [5, 5.41) is 0. The Bertz CT molecular complexity index is 2710. The van der Waals surface area contributed by atoms with Gasteiger partial charge >= 0.3 is 5.97 Å². The topological polar surface area (TPSA) is 136 Å². The first kappa shape index (κ1) is 60.2. The zero-order valence-corrected chi connectivity index (χ0v) is 47.2. The molecular weight excluding hydrogens is 1010 g/mol. The Morgan fingerprint density at radius 2 is 0.800 bits per heavy atom. The summed E-state index contributed by atoms with van der Waals surface area (Å²) in [5.74, 6) is -1.68. The quantitative estimate of drug-likeness (QED) is 0.0313. The van der Waals surface area contributed by atoms with Crippen molar-refractivity contribution in [3.8, 4) is 0 Å². The van der Waals surface area contributed by atoms with E-state index in [-0.39, 0.29) is 25.9 Å². The van der Waals surface area contributed by atoms with Gasteiger partial charge in [0, 0.05) is 25.7 Å². The summed E-state index contributed by atoms with van der Waals surface area (Å²) in [6.45, 7) is 13.5. The lowest BCUT2D eigenvalue weighted by Crippen LogP contribution is -2.60. The van der Waals surface area contributed by atoms with E-state index in [9.17, 15) is 9.59 Å². The summed E-state index contributed by atoms with van der Waals surface area (Å²) in [7, 11) is 0. The molecule has 10 atom stereocenters. The van der Waals surface area contributed by atoms with Crippen LogP contribution in [0, 0.1) is 0 Å². The van der Waals surface area contributed by atoms with Gasteiger partial charge in [0.25, 0.3) is 0 Å². The van der Waals surface area contributed by atoms with Crippen LogP contribution in [0.3, 0.4) is 0 Å². The standard InChI is InChI=1S/C67H80O13/c1-7-70-65(69)56(68)39-55(78-60-41-58(72-43-50-28-16-9-17-29-50)62(74-45-52-32-20-11-21-33-52)64(80-60)67(5,6)76-47-54-36-24-13-25-37-54)38-48(2)77-59-40-57(71-42-49-26-14-8-15-27-49)61(73-44-51-30-18-10-19-31-51)63(79-59)66(3,4)75-46-53-34-22-12-23-35-53/h8-37,48,55,57-64H,7,38-47H2,1-6H3/t48-,55-,57-,58-,59+,60+,61+,62+,63+,64+/m1/s1. The highest BCUT2D eigenvalue weighted by Gasteiger charge is 2.51. The fraction of sp³-hybridized carbons (Fsp3) is 0.433. The molecular formula is C67H80O13. The minimum atomic E-state index is -0.963. The van der Waals surface area contributed by atoms with Gasteiger partial charge < -0.3 is 52.1 Å². The second kappa shape index (κ2) is 30.2. The van der Waals surface area contributed by atoms with Gasteiger partial charge in [-0.1, -0.05) is 182 Å². The predicted octanol–water partition coefficient (Wildman–Crippen LogP) is 12.3. The van der Waals surface area contributed by atoms with Gasteiger partial charge in [-0.15, -0.1) is 0 Å². The first-order valence-electron chi connectivity index (χ1n) is 28.1. The average Bonchev–Trinajstić information content (AvgIpc) is 3.51. The monoisotopic (exact) mass is 1090 g/mol. The summed E-state index contributed by atoms with van der Waals surface area (Å²) in [6.07, 6.45) is -6.54. The van der Waals surface area contributed by atoms with E-state index in [4.69, 9.17) is 52.1 Å². The van der Waals surface area contributed by atoms with E-state index in [1.165, 1.54) is 0 Å². The Hall–Kier alpha value is -5.94. The van der Waals surface area contributed by atoms with Crippen molar-refractivity contribution < 1.29 is 61.7 Å². The highest BCUT2D eigenvalue weighted by molar-refractivity contribution is 6.33. The first-order chi connectivity index (χ1) is 38.8.